The molecule has 2 N–H and O–H groups in total. The molecule has 0 amide bonds. The van der Waals surface area contributed by atoms with Crippen molar-refractivity contribution in [2.45, 2.75) is 44.9 Å². The van der Waals surface area contributed by atoms with Crippen LogP contribution in [0.15, 0.2) is 18.2 Å². The molecule has 0 bridgehead atoms. The summed E-state index contributed by atoms with van der Waals surface area (Å²) in [5.74, 6) is 1.03. The lowest BCUT2D eigenvalue weighted by atomic mass is 9.97. The lowest BCUT2D eigenvalue weighted by Gasteiger charge is -2.45. The highest BCUT2D eigenvalue weighted by Gasteiger charge is 2.35. The highest BCUT2D eigenvalue weighted by Crippen LogP contribution is 2.32. The van der Waals surface area contributed by atoms with E-state index in [1.54, 1.807) is 0 Å². The number of nitrogens with two attached hydrogens (primary N) is 1. The largest absolute Gasteiger partial charge is 0.493 e. The van der Waals surface area contributed by atoms with Crippen LogP contribution >= 0.6 is 0 Å². The van der Waals surface area contributed by atoms with Crippen LogP contribution in [0, 0.1) is 0 Å². The Labute approximate surface area is 127 Å². The van der Waals surface area contributed by atoms with Crippen LogP contribution in [0.25, 0.3) is 0 Å². The smallest absolute Gasteiger partial charge is 0.122 e. The van der Waals surface area contributed by atoms with Gasteiger partial charge in [0, 0.05) is 32.1 Å². The zero-order valence-corrected chi connectivity index (χ0v) is 13.3. The minimum atomic E-state index is -0.120. The Bertz CT molecular complexity index is 516. The van der Waals surface area contributed by atoms with Crippen LogP contribution in [-0.2, 0) is 11.2 Å². The minimum Gasteiger partial charge on any atom is -0.493 e. The Morgan fingerprint density at radius 1 is 1.43 bits per heavy atom. The molecular formula is C17H26N2O2. The third-order valence-electron chi connectivity index (χ3n) is 4.36. The van der Waals surface area contributed by atoms with E-state index in [1.165, 1.54) is 11.1 Å². The Balaban J connectivity index is 1.84. The minimum absolute atomic E-state index is 0.120. The Morgan fingerprint density at radius 2 is 2.24 bits per heavy atom. The molecule has 116 valence electrons. The Morgan fingerprint density at radius 3 is 2.95 bits per heavy atom. The molecule has 2 unspecified atom stereocenters. The second kappa shape index (κ2) is 5.59. The molecule has 0 saturated carbocycles. The van der Waals surface area contributed by atoms with E-state index >= 15 is 0 Å². The van der Waals surface area contributed by atoms with Crippen LogP contribution in [0.1, 0.15) is 37.9 Å². The summed E-state index contributed by atoms with van der Waals surface area (Å²) in [5, 5.41) is 0. The van der Waals surface area contributed by atoms with Gasteiger partial charge in [-0.25, -0.2) is 0 Å². The van der Waals surface area contributed by atoms with E-state index in [9.17, 15) is 0 Å². The number of hydrogen-bond acceptors (Lipinski definition) is 4. The normalized spacial score (nSPS) is 26.2. The topological polar surface area (TPSA) is 47.7 Å². The Kier molecular flexibility index (Phi) is 3.95. The van der Waals surface area contributed by atoms with Gasteiger partial charge in [0.15, 0.2) is 0 Å². The molecule has 0 spiro atoms. The van der Waals surface area contributed by atoms with Crippen molar-refractivity contribution in [3.8, 4) is 5.75 Å². The highest BCUT2D eigenvalue weighted by atomic mass is 16.5. The fraction of sp³-hybridized carbons (Fsp3) is 0.647. The average molecular weight is 290 g/mol. The average Bonchev–Trinajstić information content (AvgIpc) is 2.84. The second-order valence-electron chi connectivity index (χ2n) is 6.83. The first kappa shape index (κ1) is 14.8. The molecule has 4 nitrogen and oxygen atoms in total. The van der Waals surface area contributed by atoms with E-state index in [-0.39, 0.29) is 17.7 Å². The van der Waals surface area contributed by atoms with Crippen molar-refractivity contribution < 1.29 is 9.47 Å². The van der Waals surface area contributed by atoms with Gasteiger partial charge in [0.25, 0.3) is 0 Å². The van der Waals surface area contributed by atoms with E-state index in [1.807, 2.05) is 0 Å². The molecule has 2 heterocycles. The van der Waals surface area contributed by atoms with Crippen LogP contribution in [0.2, 0.25) is 0 Å². The molecule has 3 rings (SSSR count). The van der Waals surface area contributed by atoms with E-state index in [0.717, 1.165) is 31.9 Å². The van der Waals surface area contributed by atoms with E-state index in [0.29, 0.717) is 6.54 Å². The fourth-order valence-electron chi connectivity index (χ4n) is 3.65. The van der Waals surface area contributed by atoms with Gasteiger partial charge in [-0.05, 0) is 38.0 Å². The Hall–Kier alpha value is -1.10. The first-order valence-corrected chi connectivity index (χ1v) is 7.86. The van der Waals surface area contributed by atoms with Gasteiger partial charge in [-0.3, -0.25) is 4.90 Å². The molecule has 2 aliphatic heterocycles. The molecule has 1 aromatic rings. The summed E-state index contributed by atoms with van der Waals surface area (Å²) in [6.07, 6.45) is 1.24. The third kappa shape index (κ3) is 3.07. The van der Waals surface area contributed by atoms with Crippen LogP contribution in [0.3, 0.4) is 0 Å². The van der Waals surface area contributed by atoms with Crippen molar-refractivity contribution in [2.75, 3.05) is 26.2 Å². The number of morpholine rings is 1. The maximum Gasteiger partial charge on any atom is 0.122 e. The summed E-state index contributed by atoms with van der Waals surface area (Å²) in [6, 6.07) is 6.78. The van der Waals surface area contributed by atoms with Gasteiger partial charge in [0.1, 0.15) is 5.75 Å². The van der Waals surface area contributed by atoms with Gasteiger partial charge in [-0.2, -0.15) is 0 Å². The quantitative estimate of drug-likeness (QED) is 0.926. The zero-order chi connectivity index (χ0) is 15.0. The summed E-state index contributed by atoms with van der Waals surface area (Å²) in [6.45, 7) is 9.71. The summed E-state index contributed by atoms with van der Waals surface area (Å²) < 4.78 is 11.6. The molecule has 4 heteroatoms. The number of fused-ring (bicyclic) bond motifs is 1. The number of ether oxygens (including phenoxy) is 2. The second-order valence-corrected chi connectivity index (χ2v) is 6.83. The lowest BCUT2D eigenvalue weighted by Crippen LogP contribution is -2.53. The molecule has 2 aliphatic rings. The molecular weight excluding hydrogens is 264 g/mol. The number of nitrogens with zero attached hydrogens (tertiary/aromatic N) is 1. The maximum atomic E-state index is 6.10. The van der Waals surface area contributed by atoms with Crippen LogP contribution in [0.4, 0.5) is 0 Å². The molecule has 1 fully saturated rings. The van der Waals surface area contributed by atoms with Crippen molar-refractivity contribution in [3.63, 3.8) is 0 Å². The van der Waals surface area contributed by atoms with Gasteiger partial charge in [-0.1, -0.05) is 12.1 Å². The number of rotatable bonds is 3. The van der Waals surface area contributed by atoms with E-state index in [4.69, 9.17) is 15.2 Å². The fourth-order valence-corrected chi connectivity index (χ4v) is 3.65. The molecule has 0 radical (unpaired) electrons. The predicted octanol–water partition coefficient (Wildman–Crippen LogP) is 2.12. The molecule has 2 atom stereocenters. The van der Waals surface area contributed by atoms with Gasteiger partial charge < -0.3 is 15.2 Å². The first-order valence-electron chi connectivity index (χ1n) is 7.86. The molecule has 0 aromatic heterocycles. The summed E-state index contributed by atoms with van der Waals surface area (Å²) >= 11 is 0. The molecule has 1 saturated heterocycles. The van der Waals surface area contributed by atoms with Gasteiger partial charge >= 0.3 is 0 Å². The SMILES string of the molecule is CC1CN(C(CN)c2ccc3c(c2)CCO3)CC(C)(C)O1. The van der Waals surface area contributed by atoms with Crippen molar-refractivity contribution in [1.29, 1.82) is 0 Å². The maximum absolute atomic E-state index is 6.10. The molecule has 21 heavy (non-hydrogen) atoms. The molecule has 0 aliphatic carbocycles. The monoisotopic (exact) mass is 290 g/mol. The van der Waals surface area contributed by atoms with E-state index in [2.05, 4.69) is 43.9 Å². The first-order chi connectivity index (χ1) is 9.98. The van der Waals surface area contributed by atoms with Crippen molar-refractivity contribution in [3.05, 3.63) is 29.3 Å². The van der Waals surface area contributed by atoms with Crippen LogP contribution in [0.5, 0.6) is 5.75 Å². The standard InChI is InChI=1S/C17H26N2O2/c1-12-10-19(11-17(2,3)21-12)15(9-18)13-4-5-16-14(8-13)6-7-20-16/h4-5,8,12,15H,6-7,9-11,18H2,1-3H3. The number of hydrogen-bond donors (Lipinski definition) is 1. The third-order valence-corrected chi connectivity index (χ3v) is 4.36. The summed E-state index contributed by atoms with van der Waals surface area (Å²) in [5.41, 5.74) is 8.59. The zero-order valence-electron chi connectivity index (χ0n) is 13.3. The summed E-state index contributed by atoms with van der Waals surface area (Å²) in [7, 11) is 0. The highest BCUT2D eigenvalue weighted by molar-refractivity contribution is 5.41. The van der Waals surface area contributed by atoms with Gasteiger partial charge in [-0.15, -0.1) is 0 Å². The lowest BCUT2D eigenvalue weighted by molar-refractivity contribution is -0.137. The molecule has 1 aromatic carbocycles. The van der Waals surface area contributed by atoms with Crippen molar-refractivity contribution in [2.24, 2.45) is 5.73 Å². The van der Waals surface area contributed by atoms with Crippen LogP contribution < -0.4 is 10.5 Å². The number of benzene rings is 1. The van der Waals surface area contributed by atoms with E-state index < -0.39 is 0 Å². The van der Waals surface area contributed by atoms with Crippen molar-refractivity contribution >= 4 is 0 Å². The predicted molar refractivity (Wildman–Crippen MR) is 83.6 cm³/mol. The summed E-state index contributed by atoms with van der Waals surface area (Å²) in [4.78, 5) is 2.46. The van der Waals surface area contributed by atoms with Crippen molar-refractivity contribution in [1.82, 2.24) is 4.90 Å². The van der Waals surface area contributed by atoms with Crippen LogP contribution in [-0.4, -0.2) is 42.8 Å². The van der Waals surface area contributed by atoms with Gasteiger partial charge in [0.2, 0.25) is 0 Å². The van der Waals surface area contributed by atoms with Gasteiger partial charge in [0.05, 0.1) is 18.3 Å².